The molecule has 2 N–H and O–H groups in total. The minimum Gasteiger partial charge on any atom is -0.337 e. The summed E-state index contributed by atoms with van der Waals surface area (Å²) in [4.78, 5) is 4.04. The lowest BCUT2D eigenvalue weighted by Crippen LogP contribution is -2.16. The van der Waals surface area contributed by atoms with E-state index in [1.165, 1.54) is 11.1 Å². The molecular weight excluding hydrogens is 262 g/mol. The Hall–Kier alpha value is -2.40. The van der Waals surface area contributed by atoms with Gasteiger partial charge in [-0.1, -0.05) is 30.3 Å². The Labute approximate surface area is 124 Å². The number of benzene rings is 1. The van der Waals surface area contributed by atoms with Crippen LogP contribution < -0.4 is 5.32 Å². The second kappa shape index (κ2) is 6.85. The van der Waals surface area contributed by atoms with Gasteiger partial charge in [0.1, 0.15) is 0 Å². The zero-order valence-corrected chi connectivity index (χ0v) is 11.9. The first kappa shape index (κ1) is 13.6. The van der Waals surface area contributed by atoms with Crippen molar-refractivity contribution in [3.05, 3.63) is 60.8 Å². The molecule has 0 saturated heterocycles. The van der Waals surface area contributed by atoms with E-state index in [-0.39, 0.29) is 0 Å². The van der Waals surface area contributed by atoms with E-state index in [9.17, 15) is 0 Å². The Morgan fingerprint density at radius 1 is 1.19 bits per heavy atom. The van der Waals surface area contributed by atoms with Crippen LogP contribution in [0.3, 0.4) is 0 Å². The van der Waals surface area contributed by atoms with Gasteiger partial charge in [-0.25, -0.2) is 4.98 Å². The van der Waals surface area contributed by atoms with Crippen LogP contribution in [0, 0.1) is 0 Å². The maximum atomic E-state index is 4.16. The van der Waals surface area contributed by atoms with Gasteiger partial charge in [0.25, 0.3) is 0 Å². The first-order valence-corrected chi connectivity index (χ1v) is 7.17. The van der Waals surface area contributed by atoms with Crippen molar-refractivity contribution in [3.63, 3.8) is 0 Å². The highest BCUT2D eigenvalue weighted by atomic mass is 15.1. The third-order valence-electron chi connectivity index (χ3n) is 3.42. The van der Waals surface area contributed by atoms with Gasteiger partial charge < -0.3 is 9.88 Å². The Bertz CT molecular complexity index is 642. The lowest BCUT2D eigenvalue weighted by Gasteiger charge is -2.06. The zero-order chi connectivity index (χ0) is 14.3. The largest absolute Gasteiger partial charge is 0.337 e. The van der Waals surface area contributed by atoms with Crippen LogP contribution in [0.4, 0.5) is 0 Å². The molecule has 3 aromatic rings. The van der Waals surface area contributed by atoms with E-state index >= 15 is 0 Å². The smallest absolute Gasteiger partial charge is 0.0945 e. The second-order valence-corrected chi connectivity index (χ2v) is 4.97. The van der Waals surface area contributed by atoms with Gasteiger partial charge in [0.05, 0.1) is 18.2 Å². The minimum atomic E-state index is 0.824. The first-order chi connectivity index (χ1) is 10.4. The Balaban J connectivity index is 1.49. The number of aryl methyl sites for hydroxylation is 1. The third-order valence-corrected chi connectivity index (χ3v) is 3.42. The maximum Gasteiger partial charge on any atom is 0.0945 e. The monoisotopic (exact) mass is 281 g/mol. The number of aromatic nitrogens is 4. The van der Waals surface area contributed by atoms with Crippen LogP contribution in [0.2, 0.25) is 0 Å². The predicted molar refractivity (Wildman–Crippen MR) is 82.6 cm³/mol. The van der Waals surface area contributed by atoms with E-state index in [1.807, 2.05) is 43.1 Å². The normalized spacial score (nSPS) is 10.9. The van der Waals surface area contributed by atoms with Crippen molar-refractivity contribution in [1.29, 1.82) is 0 Å². The van der Waals surface area contributed by atoms with E-state index < -0.39 is 0 Å². The molecule has 5 nitrogen and oxygen atoms in total. The molecule has 21 heavy (non-hydrogen) atoms. The molecule has 1 aromatic carbocycles. The predicted octanol–water partition coefficient (Wildman–Crippen LogP) is 2.45. The molecule has 0 radical (unpaired) electrons. The summed E-state index contributed by atoms with van der Waals surface area (Å²) in [6.45, 7) is 2.78. The number of aromatic amines is 1. The first-order valence-electron chi connectivity index (χ1n) is 7.17. The van der Waals surface area contributed by atoms with Crippen LogP contribution in [-0.2, 0) is 13.1 Å². The summed E-state index contributed by atoms with van der Waals surface area (Å²) in [6.07, 6.45) is 8.62. The molecule has 0 aliphatic rings. The molecule has 0 saturated carbocycles. The van der Waals surface area contributed by atoms with Gasteiger partial charge in [-0.15, -0.1) is 0 Å². The fraction of sp³-hybridized carbons (Fsp3) is 0.250. The van der Waals surface area contributed by atoms with Crippen LogP contribution in [0.5, 0.6) is 0 Å². The molecule has 0 bridgehead atoms. The average Bonchev–Trinajstić information content (AvgIpc) is 3.19. The minimum absolute atomic E-state index is 0.824. The van der Waals surface area contributed by atoms with Crippen LogP contribution in [0.15, 0.2) is 55.2 Å². The molecule has 108 valence electrons. The van der Waals surface area contributed by atoms with E-state index in [0.29, 0.717) is 0 Å². The molecule has 2 heterocycles. The zero-order valence-electron chi connectivity index (χ0n) is 11.9. The van der Waals surface area contributed by atoms with Crippen molar-refractivity contribution in [2.24, 2.45) is 0 Å². The molecule has 0 amide bonds. The lowest BCUT2D eigenvalue weighted by molar-refractivity contribution is 0.581. The van der Waals surface area contributed by atoms with Crippen molar-refractivity contribution >= 4 is 0 Å². The van der Waals surface area contributed by atoms with E-state index in [2.05, 4.69) is 37.2 Å². The van der Waals surface area contributed by atoms with Crippen molar-refractivity contribution in [2.45, 2.75) is 19.5 Å². The van der Waals surface area contributed by atoms with E-state index in [4.69, 9.17) is 0 Å². The number of hydrogen-bond donors (Lipinski definition) is 2. The fourth-order valence-corrected chi connectivity index (χ4v) is 2.33. The number of H-pyrrole nitrogens is 1. The average molecular weight is 281 g/mol. The van der Waals surface area contributed by atoms with Gasteiger partial charge in [0.2, 0.25) is 0 Å². The summed E-state index contributed by atoms with van der Waals surface area (Å²) in [5, 5.41) is 10.7. The topological polar surface area (TPSA) is 58.5 Å². The van der Waals surface area contributed by atoms with Gasteiger partial charge in [-0.3, -0.25) is 5.10 Å². The summed E-state index contributed by atoms with van der Waals surface area (Å²) < 4.78 is 2.09. The standard InChI is InChI=1S/C16H19N5/c1-2-5-14(6-3-1)16-15(12-19-20-16)11-17-7-4-9-21-10-8-18-13-21/h1-3,5-6,8,10,12-13,17H,4,7,9,11H2,(H,19,20). The maximum absolute atomic E-state index is 4.16. The van der Waals surface area contributed by atoms with E-state index in [1.54, 1.807) is 0 Å². The van der Waals surface area contributed by atoms with Gasteiger partial charge in [-0.05, 0) is 18.5 Å². The Kier molecular flexibility index (Phi) is 4.43. The lowest BCUT2D eigenvalue weighted by atomic mass is 10.1. The molecule has 0 atom stereocenters. The Morgan fingerprint density at radius 3 is 2.90 bits per heavy atom. The molecule has 5 heteroatoms. The van der Waals surface area contributed by atoms with Crippen molar-refractivity contribution in [3.8, 4) is 11.3 Å². The summed E-state index contributed by atoms with van der Waals surface area (Å²) in [6, 6.07) is 10.3. The van der Waals surface area contributed by atoms with Gasteiger partial charge >= 0.3 is 0 Å². The van der Waals surface area contributed by atoms with Crippen molar-refractivity contribution in [1.82, 2.24) is 25.1 Å². The van der Waals surface area contributed by atoms with Crippen molar-refractivity contribution < 1.29 is 0 Å². The van der Waals surface area contributed by atoms with Crippen LogP contribution in [-0.4, -0.2) is 26.3 Å². The highest BCUT2D eigenvalue weighted by Gasteiger charge is 2.06. The molecule has 3 rings (SSSR count). The number of rotatable bonds is 7. The summed E-state index contributed by atoms with van der Waals surface area (Å²) in [5.41, 5.74) is 3.46. The number of nitrogens with one attached hydrogen (secondary N) is 2. The van der Waals surface area contributed by atoms with Gasteiger partial charge in [-0.2, -0.15) is 5.10 Å². The second-order valence-electron chi connectivity index (χ2n) is 4.97. The number of imidazole rings is 1. The van der Waals surface area contributed by atoms with Crippen molar-refractivity contribution in [2.75, 3.05) is 6.54 Å². The van der Waals surface area contributed by atoms with Gasteiger partial charge in [0, 0.05) is 31.0 Å². The van der Waals surface area contributed by atoms with Crippen LogP contribution in [0.25, 0.3) is 11.3 Å². The SMILES string of the molecule is c1ccc(-c2[nH]ncc2CNCCCn2ccnc2)cc1. The Morgan fingerprint density at radius 2 is 2.10 bits per heavy atom. The highest BCUT2D eigenvalue weighted by Crippen LogP contribution is 2.20. The molecule has 0 fully saturated rings. The fourth-order valence-electron chi connectivity index (χ4n) is 2.33. The van der Waals surface area contributed by atoms with Gasteiger partial charge in [0.15, 0.2) is 0 Å². The summed E-state index contributed by atoms with van der Waals surface area (Å²) >= 11 is 0. The highest BCUT2D eigenvalue weighted by molar-refractivity contribution is 5.62. The van der Waals surface area contributed by atoms with Crippen LogP contribution >= 0.6 is 0 Å². The molecule has 2 aromatic heterocycles. The molecule has 0 unspecified atom stereocenters. The van der Waals surface area contributed by atoms with E-state index in [0.717, 1.165) is 31.7 Å². The molecule has 0 aliphatic heterocycles. The molecule has 0 spiro atoms. The summed E-state index contributed by atoms with van der Waals surface area (Å²) in [5.74, 6) is 0. The molecule has 0 aliphatic carbocycles. The molecular formula is C16H19N5. The quantitative estimate of drug-likeness (QED) is 0.654. The number of nitrogens with zero attached hydrogens (tertiary/aromatic N) is 3. The van der Waals surface area contributed by atoms with Crippen LogP contribution in [0.1, 0.15) is 12.0 Å². The number of hydrogen-bond acceptors (Lipinski definition) is 3. The summed E-state index contributed by atoms with van der Waals surface area (Å²) in [7, 11) is 0. The third kappa shape index (κ3) is 3.58.